The van der Waals surface area contributed by atoms with E-state index in [0.717, 1.165) is 19.6 Å². The Hall–Kier alpha value is -0.470. The zero-order chi connectivity index (χ0) is 15.0. The Morgan fingerprint density at radius 2 is 2.24 bits per heavy atom. The quantitative estimate of drug-likeness (QED) is 0.877. The monoisotopic (exact) mass is 330 g/mol. The second-order valence-corrected chi connectivity index (χ2v) is 9.33. The average molecular weight is 330 g/mol. The molecular weight excluding hydrogens is 308 g/mol. The van der Waals surface area contributed by atoms with Crippen molar-refractivity contribution in [2.24, 2.45) is 11.8 Å². The molecule has 2 aliphatic rings. The van der Waals surface area contributed by atoms with E-state index < -0.39 is 10.0 Å². The number of hydrogen-bond donors (Lipinski definition) is 1. The van der Waals surface area contributed by atoms with Crippen LogP contribution in [-0.2, 0) is 21.3 Å². The third-order valence-corrected chi connectivity index (χ3v) is 5.97. The van der Waals surface area contributed by atoms with Crippen LogP contribution in [0.2, 0.25) is 0 Å². The maximum atomic E-state index is 11.2. The van der Waals surface area contributed by atoms with Crippen LogP contribution < -0.4 is 4.72 Å². The van der Waals surface area contributed by atoms with Crippen molar-refractivity contribution in [1.29, 1.82) is 0 Å². The summed E-state index contributed by atoms with van der Waals surface area (Å²) in [7, 11) is -3.12. The van der Waals surface area contributed by atoms with Gasteiger partial charge in [0.25, 0.3) is 0 Å². The topological polar surface area (TPSA) is 58.6 Å². The molecule has 0 bridgehead atoms. The van der Waals surface area contributed by atoms with Gasteiger partial charge in [0.15, 0.2) is 0 Å². The molecule has 5 nitrogen and oxygen atoms in total. The lowest BCUT2D eigenvalue weighted by Crippen LogP contribution is -2.33. The van der Waals surface area contributed by atoms with Crippen molar-refractivity contribution >= 4 is 21.4 Å². The number of fused-ring (bicyclic) bond motifs is 1. The number of nitrogens with one attached hydrogen (secondary N) is 1. The predicted molar refractivity (Wildman–Crippen MR) is 83.9 cm³/mol. The first-order valence-electron chi connectivity index (χ1n) is 7.24. The normalized spacial score (nSPS) is 29.9. The molecule has 7 heteroatoms. The van der Waals surface area contributed by atoms with E-state index in [9.17, 15) is 8.42 Å². The largest absolute Gasteiger partial charge is 0.376 e. The molecule has 1 aromatic rings. The van der Waals surface area contributed by atoms with Crippen molar-refractivity contribution in [2.45, 2.75) is 19.6 Å². The number of thiophene rings is 1. The molecule has 2 saturated heterocycles. The Bertz CT molecular complexity index is 599. The Morgan fingerprint density at radius 3 is 2.90 bits per heavy atom. The lowest BCUT2D eigenvalue weighted by atomic mass is 9.93. The van der Waals surface area contributed by atoms with Gasteiger partial charge in [-0.25, -0.2) is 13.1 Å². The molecule has 0 amide bonds. The zero-order valence-electron chi connectivity index (χ0n) is 12.4. The number of likely N-dealkylation sites (tertiary alicyclic amines) is 1. The summed E-state index contributed by atoms with van der Waals surface area (Å²) in [5, 5.41) is 0. The fraction of sp³-hybridized carbons (Fsp3) is 0.714. The Labute approximate surface area is 130 Å². The maximum absolute atomic E-state index is 11.2. The SMILES string of the molecule is Cc1ccc(CN2C[C@@H]3[C@H](CNS(C)(=O)=O)CO[C@@H]3C2)s1. The van der Waals surface area contributed by atoms with Gasteiger partial charge in [-0.1, -0.05) is 0 Å². The highest BCUT2D eigenvalue weighted by atomic mass is 32.2. The lowest BCUT2D eigenvalue weighted by Gasteiger charge is -2.19. The number of nitrogens with zero attached hydrogens (tertiary/aromatic N) is 1. The molecule has 0 saturated carbocycles. The summed E-state index contributed by atoms with van der Waals surface area (Å²) in [5.74, 6) is 0.736. The number of sulfonamides is 1. The summed E-state index contributed by atoms with van der Waals surface area (Å²) in [6, 6.07) is 4.35. The fourth-order valence-electron chi connectivity index (χ4n) is 3.27. The highest BCUT2D eigenvalue weighted by Crippen LogP contribution is 2.34. The summed E-state index contributed by atoms with van der Waals surface area (Å²) in [6.45, 7) is 6.22. The predicted octanol–water partition coefficient (Wildman–Crippen LogP) is 1.05. The van der Waals surface area contributed by atoms with Gasteiger partial charge >= 0.3 is 0 Å². The van der Waals surface area contributed by atoms with Crippen LogP contribution in [0.4, 0.5) is 0 Å². The van der Waals surface area contributed by atoms with Gasteiger partial charge in [0.1, 0.15) is 0 Å². The summed E-state index contributed by atoms with van der Waals surface area (Å²) in [6.07, 6.45) is 1.47. The summed E-state index contributed by atoms with van der Waals surface area (Å²) >= 11 is 1.84. The van der Waals surface area contributed by atoms with Gasteiger partial charge in [-0.05, 0) is 19.1 Å². The molecule has 0 aromatic carbocycles. The van der Waals surface area contributed by atoms with Gasteiger partial charge in [0.05, 0.1) is 19.0 Å². The van der Waals surface area contributed by atoms with E-state index in [1.54, 1.807) is 0 Å². The summed E-state index contributed by atoms with van der Waals surface area (Å²) < 4.78 is 30.9. The zero-order valence-corrected chi connectivity index (χ0v) is 14.0. The second-order valence-electron chi connectivity index (χ2n) is 6.12. The maximum Gasteiger partial charge on any atom is 0.208 e. The van der Waals surface area contributed by atoms with Gasteiger partial charge < -0.3 is 4.74 Å². The molecule has 21 heavy (non-hydrogen) atoms. The van der Waals surface area contributed by atoms with Crippen LogP contribution in [-0.4, -0.2) is 51.9 Å². The molecule has 2 fully saturated rings. The minimum absolute atomic E-state index is 0.261. The molecule has 1 aromatic heterocycles. The fourth-order valence-corrected chi connectivity index (χ4v) is 4.72. The first-order chi connectivity index (χ1) is 9.90. The standard InChI is InChI=1S/C14H22N2O3S2/c1-10-3-4-12(20-10)6-16-7-13-11(5-15-21(2,17)18)9-19-14(13)8-16/h3-4,11,13-15H,5-9H2,1-2H3/t11-,13-,14-/m1/s1. The Balaban J connectivity index is 1.55. The van der Waals surface area contributed by atoms with E-state index in [-0.39, 0.29) is 6.10 Å². The van der Waals surface area contributed by atoms with E-state index in [1.807, 2.05) is 11.3 Å². The minimum Gasteiger partial charge on any atom is -0.376 e. The molecule has 3 atom stereocenters. The average Bonchev–Trinajstić information content (AvgIpc) is 3.03. The molecule has 0 aliphatic carbocycles. The second kappa shape index (κ2) is 5.96. The minimum atomic E-state index is -3.12. The van der Waals surface area contributed by atoms with Gasteiger partial charge in [0.2, 0.25) is 10.0 Å². The van der Waals surface area contributed by atoms with Crippen molar-refractivity contribution in [3.63, 3.8) is 0 Å². The molecule has 0 radical (unpaired) electrons. The molecule has 0 spiro atoms. The first-order valence-corrected chi connectivity index (χ1v) is 9.95. The van der Waals surface area contributed by atoms with Crippen molar-refractivity contribution in [2.75, 3.05) is 32.5 Å². The third kappa shape index (κ3) is 3.84. The van der Waals surface area contributed by atoms with Crippen molar-refractivity contribution in [3.8, 4) is 0 Å². The van der Waals surface area contributed by atoms with E-state index in [0.29, 0.717) is 25.0 Å². The van der Waals surface area contributed by atoms with Crippen LogP contribution in [0.5, 0.6) is 0 Å². The van der Waals surface area contributed by atoms with Crippen LogP contribution in [0.3, 0.4) is 0 Å². The smallest absolute Gasteiger partial charge is 0.208 e. The third-order valence-electron chi connectivity index (χ3n) is 4.30. The van der Waals surface area contributed by atoms with Gasteiger partial charge in [-0.3, -0.25) is 4.90 Å². The number of ether oxygens (including phenoxy) is 1. The molecule has 1 N–H and O–H groups in total. The van der Waals surface area contributed by atoms with Crippen LogP contribution in [0.25, 0.3) is 0 Å². The number of aryl methyl sites for hydroxylation is 1. The van der Waals surface area contributed by atoms with E-state index in [2.05, 4.69) is 28.7 Å². The highest BCUT2D eigenvalue weighted by Gasteiger charge is 2.43. The van der Waals surface area contributed by atoms with Crippen LogP contribution in [0, 0.1) is 18.8 Å². The molecular formula is C14H22N2O3S2. The molecule has 118 valence electrons. The molecule has 0 unspecified atom stereocenters. The van der Waals surface area contributed by atoms with Gasteiger partial charge in [-0.15, -0.1) is 11.3 Å². The lowest BCUT2D eigenvalue weighted by molar-refractivity contribution is 0.0944. The van der Waals surface area contributed by atoms with Gasteiger partial charge in [-0.2, -0.15) is 0 Å². The van der Waals surface area contributed by atoms with E-state index >= 15 is 0 Å². The van der Waals surface area contributed by atoms with E-state index in [4.69, 9.17) is 4.74 Å². The van der Waals surface area contributed by atoms with Crippen molar-refractivity contribution in [3.05, 3.63) is 21.9 Å². The number of rotatable bonds is 5. The van der Waals surface area contributed by atoms with Crippen LogP contribution >= 0.6 is 11.3 Å². The number of hydrogen-bond acceptors (Lipinski definition) is 5. The van der Waals surface area contributed by atoms with Crippen molar-refractivity contribution < 1.29 is 13.2 Å². The van der Waals surface area contributed by atoms with Crippen LogP contribution in [0.1, 0.15) is 9.75 Å². The molecule has 3 heterocycles. The molecule has 2 aliphatic heterocycles. The summed E-state index contributed by atoms with van der Waals surface area (Å²) in [4.78, 5) is 5.15. The van der Waals surface area contributed by atoms with E-state index in [1.165, 1.54) is 16.0 Å². The van der Waals surface area contributed by atoms with Crippen LogP contribution in [0.15, 0.2) is 12.1 Å². The summed E-state index contributed by atoms with van der Waals surface area (Å²) in [5.41, 5.74) is 0. The Morgan fingerprint density at radius 1 is 1.43 bits per heavy atom. The molecule has 3 rings (SSSR count). The Kier molecular flexibility index (Phi) is 4.38. The highest BCUT2D eigenvalue weighted by molar-refractivity contribution is 7.88. The first kappa shape index (κ1) is 15.4. The van der Waals surface area contributed by atoms with Gasteiger partial charge in [0, 0.05) is 47.8 Å². The van der Waals surface area contributed by atoms with Crippen molar-refractivity contribution in [1.82, 2.24) is 9.62 Å².